The first-order chi connectivity index (χ1) is 10.2. The lowest BCUT2D eigenvalue weighted by Gasteiger charge is -2.19. The maximum atomic E-state index is 11.9. The van der Waals surface area contributed by atoms with Crippen molar-refractivity contribution < 1.29 is 9.90 Å². The van der Waals surface area contributed by atoms with Crippen LogP contribution in [0.1, 0.15) is 24.2 Å². The molecule has 2 aromatic carbocycles. The van der Waals surface area contributed by atoms with Gasteiger partial charge in [-0.3, -0.25) is 4.79 Å². The Morgan fingerprint density at radius 1 is 1.05 bits per heavy atom. The highest BCUT2D eigenvalue weighted by atomic mass is 16.3. The lowest BCUT2D eigenvalue weighted by Crippen LogP contribution is -2.36. The van der Waals surface area contributed by atoms with Gasteiger partial charge < -0.3 is 10.4 Å². The van der Waals surface area contributed by atoms with E-state index in [1.54, 1.807) is 13.0 Å². The second kappa shape index (κ2) is 7.41. The fraction of sp³-hybridized carbons (Fsp3) is 0.167. The van der Waals surface area contributed by atoms with Crippen LogP contribution in [0.3, 0.4) is 0 Å². The van der Waals surface area contributed by atoms with Gasteiger partial charge in [0, 0.05) is 6.08 Å². The van der Waals surface area contributed by atoms with Gasteiger partial charge in [-0.2, -0.15) is 0 Å². The highest BCUT2D eigenvalue weighted by Crippen LogP contribution is 2.15. The van der Waals surface area contributed by atoms with E-state index < -0.39 is 6.10 Å². The first-order valence-corrected chi connectivity index (χ1v) is 6.93. The van der Waals surface area contributed by atoms with Crippen LogP contribution in [-0.4, -0.2) is 17.1 Å². The molecule has 21 heavy (non-hydrogen) atoms. The van der Waals surface area contributed by atoms with Gasteiger partial charge in [0.1, 0.15) is 0 Å². The topological polar surface area (TPSA) is 49.3 Å². The Hall–Kier alpha value is -2.39. The van der Waals surface area contributed by atoms with Gasteiger partial charge in [-0.05, 0) is 24.1 Å². The number of hydrogen-bond donors (Lipinski definition) is 2. The van der Waals surface area contributed by atoms with E-state index in [9.17, 15) is 9.90 Å². The summed E-state index contributed by atoms with van der Waals surface area (Å²) in [5.41, 5.74) is 1.75. The van der Waals surface area contributed by atoms with Crippen LogP contribution < -0.4 is 5.32 Å². The molecule has 1 unspecified atom stereocenters. The van der Waals surface area contributed by atoms with E-state index in [0.717, 1.165) is 11.1 Å². The summed E-state index contributed by atoms with van der Waals surface area (Å²) in [6, 6.07) is 18.5. The van der Waals surface area contributed by atoms with Crippen LogP contribution in [0.5, 0.6) is 0 Å². The lowest BCUT2D eigenvalue weighted by atomic mass is 10.0. The molecule has 0 aliphatic carbocycles. The number of rotatable bonds is 5. The average Bonchev–Trinajstić information content (AvgIpc) is 2.54. The van der Waals surface area contributed by atoms with E-state index in [2.05, 4.69) is 5.32 Å². The molecule has 2 rings (SSSR count). The molecule has 108 valence electrons. The number of benzene rings is 2. The Balaban J connectivity index is 1.92. The van der Waals surface area contributed by atoms with Crippen LogP contribution in [0.25, 0.3) is 6.08 Å². The molecule has 2 N–H and O–H groups in total. The minimum absolute atomic E-state index is 0.221. The van der Waals surface area contributed by atoms with Crippen LogP contribution in [0.2, 0.25) is 0 Å². The molecule has 1 amide bonds. The number of carbonyl (C=O) groups excluding carboxylic acids is 1. The molecule has 0 aliphatic rings. The van der Waals surface area contributed by atoms with E-state index in [1.165, 1.54) is 6.08 Å². The highest BCUT2D eigenvalue weighted by molar-refractivity contribution is 5.91. The summed E-state index contributed by atoms with van der Waals surface area (Å²) in [4.78, 5) is 11.9. The summed E-state index contributed by atoms with van der Waals surface area (Å²) in [5, 5.41) is 13.0. The van der Waals surface area contributed by atoms with Crippen molar-refractivity contribution in [2.24, 2.45) is 0 Å². The zero-order chi connectivity index (χ0) is 15.1. The van der Waals surface area contributed by atoms with Crippen molar-refractivity contribution in [3.8, 4) is 0 Å². The molecule has 0 bridgehead atoms. The minimum atomic E-state index is -0.722. The van der Waals surface area contributed by atoms with E-state index in [4.69, 9.17) is 0 Å². The molecule has 2 aromatic rings. The van der Waals surface area contributed by atoms with Crippen molar-refractivity contribution in [3.05, 3.63) is 77.9 Å². The predicted molar refractivity (Wildman–Crippen MR) is 84.5 cm³/mol. The summed E-state index contributed by atoms with van der Waals surface area (Å²) in [6.45, 7) is 1.78. The van der Waals surface area contributed by atoms with Crippen molar-refractivity contribution in [2.45, 2.75) is 19.1 Å². The van der Waals surface area contributed by atoms with Gasteiger partial charge in [0.15, 0.2) is 0 Å². The van der Waals surface area contributed by atoms with Crippen LogP contribution in [0.4, 0.5) is 0 Å². The Kier molecular flexibility index (Phi) is 5.29. The highest BCUT2D eigenvalue weighted by Gasteiger charge is 2.16. The number of amides is 1. The summed E-state index contributed by atoms with van der Waals surface area (Å²) >= 11 is 0. The van der Waals surface area contributed by atoms with Gasteiger partial charge in [0.25, 0.3) is 0 Å². The Bertz CT molecular complexity index is 593. The molecule has 0 aliphatic heterocycles. The summed E-state index contributed by atoms with van der Waals surface area (Å²) < 4.78 is 0. The molecule has 0 spiro atoms. The molecule has 0 radical (unpaired) electrons. The van der Waals surface area contributed by atoms with Crippen molar-refractivity contribution in [3.63, 3.8) is 0 Å². The van der Waals surface area contributed by atoms with Crippen molar-refractivity contribution >= 4 is 12.0 Å². The molecule has 0 fully saturated rings. The SMILES string of the molecule is C[C@H](NC(=O)C=Cc1ccccc1)C(O)c1ccccc1. The molecule has 3 heteroatoms. The molecule has 3 nitrogen and oxygen atoms in total. The van der Waals surface area contributed by atoms with Crippen LogP contribution in [-0.2, 0) is 4.79 Å². The maximum absolute atomic E-state index is 11.9. The Morgan fingerprint density at radius 3 is 2.24 bits per heavy atom. The van der Waals surface area contributed by atoms with Crippen molar-refractivity contribution in [2.75, 3.05) is 0 Å². The third-order valence-electron chi connectivity index (χ3n) is 3.21. The zero-order valence-corrected chi connectivity index (χ0v) is 11.9. The molecule has 2 atom stereocenters. The third kappa shape index (κ3) is 4.58. The molecule has 0 heterocycles. The third-order valence-corrected chi connectivity index (χ3v) is 3.21. The lowest BCUT2D eigenvalue weighted by molar-refractivity contribution is -0.117. The first kappa shape index (κ1) is 15.0. The zero-order valence-electron chi connectivity index (χ0n) is 11.9. The van der Waals surface area contributed by atoms with Gasteiger partial charge in [0.2, 0.25) is 5.91 Å². The molecule has 0 aromatic heterocycles. The smallest absolute Gasteiger partial charge is 0.244 e. The largest absolute Gasteiger partial charge is 0.386 e. The number of carbonyl (C=O) groups is 1. The van der Waals surface area contributed by atoms with Crippen molar-refractivity contribution in [1.29, 1.82) is 0 Å². The van der Waals surface area contributed by atoms with Gasteiger partial charge in [-0.25, -0.2) is 0 Å². The van der Waals surface area contributed by atoms with Gasteiger partial charge in [0.05, 0.1) is 12.1 Å². The van der Waals surface area contributed by atoms with Crippen LogP contribution >= 0.6 is 0 Å². The average molecular weight is 281 g/mol. The Labute approximate surface area is 124 Å². The number of nitrogens with one attached hydrogen (secondary N) is 1. The van der Waals surface area contributed by atoms with E-state index >= 15 is 0 Å². The van der Waals surface area contributed by atoms with E-state index in [1.807, 2.05) is 60.7 Å². The quantitative estimate of drug-likeness (QED) is 0.828. The van der Waals surface area contributed by atoms with Crippen molar-refractivity contribution in [1.82, 2.24) is 5.32 Å². The fourth-order valence-corrected chi connectivity index (χ4v) is 2.03. The number of aliphatic hydroxyl groups excluding tert-OH is 1. The van der Waals surface area contributed by atoms with Gasteiger partial charge >= 0.3 is 0 Å². The van der Waals surface area contributed by atoms with Gasteiger partial charge in [-0.1, -0.05) is 60.7 Å². The van der Waals surface area contributed by atoms with Gasteiger partial charge in [-0.15, -0.1) is 0 Å². The fourth-order valence-electron chi connectivity index (χ4n) is 2.03. The van der Waals surface area contributed by atoms with E-state index in [-0.39, 0.29) is 11.9 Å². The second-order valence-electron chi connectivity index (χ2n) is 4.90. The minimum Gasteiger partial charge on any atom is -0.386 e. The summed E-state index contributed by atoms with van der Waals surface area (Å²) in [6.07, 6.45) is 2.50. The van der Waals surface area contributed by atoms with E-state index in [0.29, 0.717) is 0 Å². The monoisotopic (exact) mass is 281 g/mol. The standard InChI is InChI=1S/C18H19NO2/c1-14(18(21)16-10-6-3-7-11-16)19-17(20)13-12-15-8-4-2-5-9-15/h2-14,18,21H,1H3,(H,19,20)/t14-,18?/m0/s1. The Morgan fingerprint density at radius 2 is 1.62 bits per heavy atom. The summed E-state index contributed by atoms with van der Waals surface area (Å²) in [7, 11) is 0. The first-order valence-electron chi connectivity index (χ1n) is 6.93. The maximum Gasteiger partial charge on any atom is 0.244 e. The molecule has 0 saturated heterocycles. The normalized spacial score (nSPS) is 13.8. The van der Waals surface area contributed by atoms with Crippen LogP contribution in [0.15, 0.2) is 66.7 Å². The van der Waals surface area contributed by atoms with Crippen LogP contribution in [0, 0.1) is 0 Å². The molecular formula is C18H19NO2. The second-order valence-corrected chi connectivity index (χ2v) is 4.90. The number of hydrogen-bond acceptors (Lipinski definition) is 2. The predicted octanol–water partition coefficient (Wildman–Crippen LogP) is 2.94. The molecular weight excluding hydrogens is 262 g/mol. The molecule has 0 saturated carbocycles. The summed E-state index contributed by atoms with van der Waals surface area (Å²) in [5.74, 6) is -0.221. The number of aliphatic hydroxyl groups is 1.